The van der Waals surface area contributed by atoms with Gasteiger partial charge >= 0.3 is 0 Å². The fourth-order valence-corrected chi connectivity index (χ4v) is 16.4. The molecule has 0 amide bonds. The Bertz CT molecular complexity index is 7610. The van der Waals surface area contributed by atoms with Crippen molar-refractivity contribution >= 4 is 102 Å². The predicted octanol–water partition coefficient (Wildman–Crippen LogP) is 23.4. The van der Waals surface area contributed by atoms with Gasteiger partial charge in [-0.3, -0.25) is 0 Å². The van der Waals surface area contributed by atoms with Crippen molar-refractivity contribution in [3.63, 3.8) is 0 Å². The van der Waals surface area contributed by atoms with Gasteiger partial charge in [0, 0.05) is 67.0 Å². The second kappa shape index (κ2) is 24.6. The monoisotopic (exact) mass is 1410 g/mol. The van der Waals surface area contributed by atoms with Crippen LogP contribution in [0.1, 0.15) is 111 Å². The summed E-state index contributed by atoms with van der Waals surface area (Å²) in [6.45, 7) is 15.3. The molecule has 0 bridgehead atoms. The Morgan fingerprint density at radius 1 is 0.315 bits per heavy atom. The van der Waals surface area contributed by atoms with E-state index in [-0.39, 0.29) is 77.5 Å². The number of hydrogen-bond acceptors (Lipinski definition) is 3. The average Bonchev–Trinajstić information content (AvgIpc) is 1.60. The Hall–Kier alpha value is -12.4. The molecule has 516 valence electrons. The van der Waals surface area contributed by atoms with Gasteiger partial charge in [-0.1, -0.05) is 329 Å². The molecule has 4 aliphatic heterocycles. The van der Waals surface area contributed by atoms with Crippen LogP contribution in [0.25, 0.3) is 105 Å². The van der Waals surface area contributed by atoms with E-state index in [0.717, 1.165) is 11.1 Å². The first-order chi connectivity index (χ1) is 62.1. The van der Waals surface area contributed by atoms with Crippen LogP contribution in [0.15, 0.2) is 327 Å². The van der Waals surface area contributed by atoms with E-state index in [0.29, 0.717) is 83.8 Å². The van der Waals surface area contributed by atoms with Gasteiger partial charge in [0.25, 0.3) is 13.4 Å². The minimum atomic E-state index is -1.80. The number of nitrogens with zero attached hydrogens (tertiary/aromatic N) is 3. The molecule has 6 heteroatoms. The SMILES string of the molecule is [2H]c1c([2H])c([2H])c(-c2c([2H])c([2H])c3c(c2[2H])Oc2c4c(c([2H])c5c2B3c2c([2H])c([2H])c(-c3ccccc3)c3c6c([2H])c([2H])c([2H])c([2H])c6n-5c23)N(c2c(-c3ccccc3)cc(C(C)(C)C)cc2-c2ccccc2)c2cc(C(C)(C)C)cc3c2B4c2c([2H])c([2H])c(-c4c([2H])c([2H])c([2H])c([2H])c4[2H])c([2H])c2N3c2c(-c3ccccc3)cc(C(C)(C)C)cc2-c2ccccc2)c([2H])c1[2H]. The van der Waals surface area contributed by atoms with Crippen molar-refractivity contribution in [3.05, 3.63) is 344 Å². The van der Waals surface area contributed by atoms with Crippen LogP contribution in [0.5, 0.6) is 11.5 Å². The van der Waals surface area contributed by atoms with Crippen LogP contribution in [0.3, 0.4) is 0 Å². The molecule has 4 nitrogen and oxygen atoms in total. The van der Waals surface area contributed by atoms with Crippen LogP contribution in [0, 0.1) is 0 Å². The number of para-hydroxylation sites is 1. The molecule has 5 heterocycles. The third-order valence-electron chi connectivity index (χ3n) is 21.7. The lowest BCUT2D eigenvalue weighted by atomic mass is 9.30. The Labute approximate surface area is 667 Å². The third kappa shape index (κ3) is 10.3. The van der Waals surface area contributed by atoms with Crippen molar-refractivity contribution in [1.82, 2.24) is 4.57 Å². The number of aromatic nitrogens is 1. The third-order valence-corrected chi connectivity index (χ3v) is 21.7. The fraction of sp³-hybridized carbons (Fsp3) is 0.118. The van der Waals surface area contributed by atoms with Gasteiger partial charge in [0.05, 0.1) is 48.4 Å². The van der Waals surface area contributed by atoms with E-state index in [2.05, 4.69) is 65.8 Å². The first-order valence-electron chi connectivity index (χ1n) is 47.9. The molecule has 0 saturated heterocycles. The Kier molecular flexibility index (Phi) is 10.3. The maximum Gasteiger partial charge on any atom is 0.256 e. The molecule has 0 fully saturated rings. The number of ether oxygens (including phenoxy) is 1. The van der Waals surface area contributed by atoms with Gasteiger partial charge in [-0.05, 0) is 182 Å². The highest BCUT2D eigenvalue weighted by Gasteiger charge is 2.52. The lowest BCUT2D eigenvalue weighted by molar-refractivity contribution is 0.491. The van der Waals surface area contributed by atoms with Crippen molar-refractivity contribution < 1.29 is 36.3 Å². The minimum absolute atomic E-state index is 0.0285. The van der Waals surface area contributed by atoms with E-state index in [9.17, 15) is 26.0 Å². The molecular formula is C102H81B2N3O. The van der Waals surface area contributed by atoms with Gasteiger partial charge in [0.2, 0.25) is 0 Å². The van der Waals surface area contributed by atoms with Crippen LogP contribution in [0.2, 0.25) is 0 Å². The van der Waals surface area contributed by atoms with E-state index in [1.807, 2.05) is 164 Å². The van der Waals surface area contributed by atoms with Crippen molar-refractivity contribution in [3.8, 4) is 95.1 Å². The summed E-state index contributed by atoms with van der Waals surface area (Å²) in [7, 11) is 0. The molecule has 20 rings (SSSR count). The highest BCUT2D eigenvalue weighted by molar-refractivity contribution is 7.03. The van der Waals surface area contributed by atoms with Gasteiger partial charge in [-0.2, -0.15) is 0 Å². The van der Waals surface area contributed by atoms with Crippen molar-refractivity contribution in [2.45, 2.75) is 78.6 Å². The first-order valence-corrected chi connectivity index (χ1v) is 36.4. The smallest absolute Gasteiger partial charge is 0.256 e. The number of anilines is 6. The second-order valence-electron chi connectivity index (χ2n) is 31.3. The van der Waals surface area contributed by atoms with Crippen LogP contribution in [-0.2, 0) is 16.2 Å². The van der Waals surface area contributed by atoms with Crippen molar-refractivity contribution in [2.75, 3.05) is 9.80 Å². The zero-order valence-electron chi connectivity index (χ0n) is 83.8. The molecule has 0 saturated carbocycles. The summed E-state index contributed by atoms with van der Waals surface area (Å²) < 4.78 is 244. The van der Waals surface area contributed by atoms with Gasteiger partial charge in [0.1, 0.15) is 11.5 Å². The second-order valence-corrected chi connectivity index (χ2v) is 31.3. The topological polar surface area (TPSA) is 20.6 Å². The molecule has 0 aliphatic carbocycles. The zero-order chi connectivity index (χ0) is 93.1. The molecule has 0 unspecified atom stereocenters. The van der Waals surface area contributed by atoms with E-state index >= 15 is 0 Å². The molecule has 0 spiro atoms. The highest BCUT2D eigenvalue weighted by atomic mass is 16.5. The lowest BCUT2D eigenvalue weighted by Gasteiger charge is -2.48. The molecule has 0 N–H and O–H groups in total. The van der Waals surface area contributed by atoms with Gasteiger partial charge in [0.15, 0.2) is 0 Å². The molecule has 0 atom stereocenters. The summed E-state index contributed by atoms with van der Waals surface area (Å²) in [4.78, 5) is 3.91. The van der Waals surface area contributed by atoms with E-state index < -0.39 is 197 Å². The molecule has 4 aliphatic rings. The normalized spacial score (nSPS) is 16.2. The van der Waals surface area contributed by atoms with Crippen molar-refractivity contribution in [2.24, 2.45) is 0 Å². The Morgan fingerprint density at radius 3 is 1.20 bits per heavy atom. The van der Waals surface area contributed by atoms with Crippen LogP contribution < -0.4 is 47.3 Å². The maximum absolute atomic E-state index is 12.5. The van der Waals surface area contributed by atoms with Crippen LogP contribution >= 0.6 is 0 Å². The standard InChI is InChI=1S/C102H81B2N3O/c1-100(2,3)73-57-78(67-39-23-13-24-40-67)96(79(58-73)68-41-25-14-26-42-68)106-86-55-71(64-33-17-10-18-34-64)49-52-82(86)104-93-87(106)61-75(102(7,8)9)62-88(93)107(97-80(69-43-27-15-28-44-69)59-74(101(4,5)6)60-81(97)70-45-29-16-30-46-70)90-63-89-94-99(95(90)104)108-91-56-72(65-35-19-11-20-36-65)50-53-83(91)103(94)84-54-51-76(66-37-21-12-22-38-66)92-77-47-31-32-48-85(77)105(89)98(84)92/h10-63H,1-9H3/i10D,11D,17D,18D,19D,20D,31D,32D,33D,34D,35D,36D,47D,48D,49D,50D,51D,52D,53D,54D,55D,56D,63D. The number of benzene rings is 15. The summed E-state index contributed by atoms with van der Waals surface area (Å²) in [5, 5.41) is -0.0989. The molecular weight excluding hydrogens is 1300 g/mol. The summed E-state index contributed by atoms with van der Waals surface area (Å²) in [6, 6.07) is 43.5. The molecule has 1 aromatic heterocycles. The quantitative estimate of drug-likeness (QED) is 0.134. The predicted molar refractivity (Wildman–Crippen MR) is 460 cm³/mol. The molecule has 15 aromatic carbocycles. The summed E-state index contributed by atoms with van der Waals surface area (Å²) in [5.41, 5.74) is 3.86. The average molecular weight is 1410 g/mol. The van der Waals surface area contributed by atoms with Crippen LogP contribution in [0.4, 0.5) is 34.1 Å². The number of rotatable bonds is 9. The maximum atomic E-state index is 12.5. The summed E-state index contributed by atoms with van der Waals surface area (Å²) >= 11 is 0. The lowest BCUT2D eigenvalue weighted by Crippen LogP contribution is -2.65. The van der Waals surface area contributed by atoms with E-state index in [4.69, 9.17) is 10.2 Å². The Morgan fingerprint density at radius 2 is 0.722 bits per heavy atom. The van der Waals surface area contributed by atoms with Gasteiger partial charge < -0.3 is 19.1 Å². The molecule has 16 aromatic rings. The first kappa shape index (κ1) is 45.2. The van der Waals surface area contributed by atoms with E-state index in [1.54, 1.807) is 30.3 Å². The van der Waals surface area contributed by atoms with Crippen molar-refractivity contribution in [1.29, 1.82) is 0 Å². The number of hydrogen-bond donors (Lipinski definition) is 0. The minimum Gasteiger partial charge on any atom is -0.459 e. The summed E-state index contributed by atoms with van der Waals surface area (Å²) in [5.74, 6) is -0.875. The largest absolute Gasteiger partial charge is 0.459 e. The fourth-order valence-electron chi connectivity index (χ4n) is 16.4. The molecule has 0 radical (unpaired) electrons. The summed E-state index contributed by atoms with van der Waals surface area (Å²) in [6.07, 6.45) is 0. The van der Waals surface area contributed by atoms with Crippen LogP contribution in [-0.4, -0.2) is 18.0 Å². The Balaban J connectivity index is 1.10. The highest BCUT2D eigenvalue weighted by Crippen LogP contribution is 2.57. The van der Waals surface area contributed by atoms with E-state index in [1.165, 1.54) is 4.57 Å². The number of fused-ring (bicyclic) bond motifs is 12. The zero-order valence-corrected chi connectivity index (χ0v) is 60.8. The van der Waals surface area contributed by atoms with Gasteiger partial charge in [-0.15, -0.1) is 0 Å². The van der Waals surface area contributed by atoms with Gasteiger partial charge in [-0.25, -0.2) is 0 Å². The molecule has 108 heavy (non-hydrogen) atoms.